The van der Waals surface area contributed by atoms with Gasteiger partial charge in [-0.3, -0.25) is 0 Å². The first kappa shape index (κ1) is 21.2. The highest BCUT2D eigenvalue weighted by Gasteiger charge is 2.26. The molecule has 0 atom stereocenters. The topological polar surface area (TPSA) is 106 Å². The molecule has 0 aliphatic carbocycles. The van der Waals surface area contributed by atoms with Gasteiger partial charge in [-0.25, -0.2) is 0 Å². The van der Waals surface area contributed by atoms with Crippen LogP contribution in [0.4, 0.5) is 0 Å². The molecular weight excluding hydrogens is 406 g/mol. The van der Waals surface area contributed by atoms with E-state index in [1.807, 2.05) is 44.2 Å². The van der Waals surface area contributed by atoms with E-state index in [0.29, 0.717) is 10.9 Å². The Morgan fingerprint density at radius 2 is 1.22 bits per heavy atom. The lowest BCUT2D eigenvalue weighted by Crippen LogP contribution is -2.27. The van der Waals surface area contributed by atoms with E-state index < -0.39 is 28.7 Å². The molecule has 4 rings (SSSR count). The summed E-state index contributed by atoms with van der Waals surface area (Å²) in [4.78, 5) is 0. The van der Waals surface area contributed by atoms with Gasteiger partial charge in [-0.15, -0.1) is 0 Å². The highest BCUT2D eigenvalue weighted by molar-refractivity contribution is 5.90. The number of hydrogen-bond donors (Lipinski definition) is 5. The predicted molar refractivity (Wildman–Crippen MR) is 126 cm³/mol. The van der Waals surface area contributed by atoms with Crippen LogP contribution in [-0.4, -0.2) is 30.1 Å². The summed E-state index contributed by atoms with van der Waals surface area (Å²) in [7, 11) is 0. The van der Waals surface area contributed by atoms with Crippen LogP contribution >= 0.6 is 0 Å². The molecule has 0 saturated carbocycles. The van der Waals surface area contributed by atoms with Crippen LogP contribution in [0.1, 0.15) is 25.0 Å². The molecule has 0 amide bonds. The third kappa shape index (κ3) is 2.95. The van der Waals surface area contributed by atoms with Crippen LogP contribution < -0.4 is 10.6 Å². The van der Waals surface area contributed by atoms with Crippen molar-refractivity contribution in [3.8, 4) is 45.6 Å². The molecule has 6 heteroatoms. The van der Waals surface area contributed by atoms with E-state index in [4.69, 9.17) is 0 Å². The van der Waals surface area contributed by atoms with E-state index in [1.165, 1.54) is 11.1 Å². The fourth-order valence-electron chi connectivity index (χ4n) is 4.15. The van der Waals surface area contributed by atoms with Gasteiger partial charge in [-0.2, -0.15) is 0 Å². The summed E-state index contributed by atoms with van der Waals surface area (Å²) in [6.07, 6.45) is 3.73. The second-order valence-corrected chi connectivity index (χ2v) is 7.83. The summed E-state index contributed by atoms with van der Waals surface area (Å²) in [5.74, 6) is -4.28. The summed E-state index contributed by atoms with van der Waals surface area (Å²) in [6.45, 7) is 7.84. The van der Waals surface area contributed by atoms with Crippen LogP contribution in [0.2, 0.25) is 0 Å². The van der Waals surface area contributed by atoms with Gasteiger partial charge in [0.1, 0.15) is 5.69 Å². The van der Waals surface area contributed by atoms with Gasteiger partial charge in [0.25, 0.3) is 0 Å². The first-order valence-electron chi connectivity index (χ1n) is 10.2. The first-order chi connectivity index (χ1) is 15.2. The number of aromatic nitrogens is 1. The highest BCUT2D eigenvalue weighted by Crippen LogP contribution is 2.52. The van der Waals surface area contributed by atoms with E-state index >= 15 is 0 Å². The second-order valence-electron chi connectivity index (χ2n) is 7.83. The van der Waals surface area contributed by atoms with E-state index in [2.05, 4.69) is 32.0 Å². The lowest BCUT2D eigenvalue weighted by atomic mass is 9.99. The second kappa shape index (κ2) is 7.57. The number of hydrogen-bond acceptors (Lipinski definition) is 5. The van der Waals surface area contributed by atoms with Gasteiger partial charge < -0.3 is 30.1 Å². The molecular formula is C26H25NO5. The van der Waals surface area contributed by atoms with Crippen molar-refractivity contribution in [2.75, 3.05) is 0 Å². The Morgan fingerprint density at radius 3 is 1.78 bits per heavy atom. The molecule has 0 radical (unpaired) electrons. The summed E-state index contributed by atoms with van der Waals surface area (Å²) >= 11 is 0. The maximum Gasteiger partial charge on any atom is 0.208 e. The van der Waals surface area contributed by atoms with Gasteiger partial charge in [0.05, 0.1) is 5.52 Å². The number of phenols is 5. The lowest BCUT2D eigenvalue weighted by Gasteiger charge is -2.15. The van der Waals surface area contributed by atoms with Crippen LogP contribution in [0.3, 0.4) is 0 Å². The molecule has 4 aromatic rings. The Hall–Kier alpha value is -4.06. The zero-order chi connectivity index (χ0) is 23.3. The van der Waals surface area contributed by atoms with Crippen molar-refractivity contribution in [2.24, 2.45) is 0 Å². The number of fused-ring (bicyclic) bond motifs is 1. The summed E-state index contributed by atoms with van der Waals surface area (Å²) < 4.78 is 1.55. The molecule has 0 aliphatic rings. The molecule has 3 aromatic carbocycles. The first-order valence-corrected chi connectivity index (χ1v) is 10.2. The monoisotopic (exact) mass is 431 g/mol. The Labute approximate surface area is 184 Å². The van der Waals surface area contributed by atoms with Crippen molar-refractivity contribution < 1.29 is 25.5 Å². The lowest BCUT2D eigenvalue weighted by molar-refractivity contribution is 0.327. The largest absolute Gasteiger partial charge is 0.503 e. The van der Waals surface area contributed by atoms with Gasteiger partial charge in [0.2, 0.25) is 17.2 Å². The molecule has 0 fully saturated rings. The van der Waals surface area contributed by atoms with Crippen LogP contribution in [0, 0.1) is 13.8 Å². The van der Waals surface area contributed by atoms with Gasteiger partial charge in [0.15, 0.2) is 11.5 Å². The van der Waals surface area contributed by atoms with Crippen molar-refractivity contribution in [1.29, 1.82) is 0 Å². The molecule has 1 heterocycles. The van der Waals surface area contributed by atoms with Crippen LogP contribution in [0.15, 0.2) is 36.4 Å². The van der Waals surface area contributed by atoms with Gasteiger partial charge in [-0.05, 0) is 62.1 Å². The summed E-state index contributed by atoms with van der Waals surface area (Å²) in [5.41, 5.74) is 4.90. The molecule has 6 nitrogen and oxygen atoms in total. The number of nitrogens with zero attached hydrogens (tertiary/aromatic N) is 1. The molecule has 0 bridgehead atoms. The van der Waals surface area contributed by atoms with Crippen molar-refractivity contribution in [3.05, 3.63) is 58.1 Å². The minimum atomic E-state index is -0.985. The minimum absolute atomic E-state index is 0.220. The highest BCUT2D eigenvalue weighted by atomic mass is 16.4. The normalized spacial score (nSPS) is 12.8. The summed E-state index contributed by atoms with van der Waals surface area (Å²) in [6, 6.07) is 12.1. The Morgan fingerprint density at radius 1 is 0.656 bits per heavy atom. The average Bonchev–Trinajstić information content (AvgIpc) is 3.10. The smallest absolute Gasteiger partial charge is 0.208 e. The van der Waals surface area contributed by atoms with E-state index in [1.54, 1.807) is 4.57 Å². The Kier molecular flexibility index (Phi) is 5.01. The Bertz CT molecular complexity index is 1480. The number of phenolic OH excluding ortho intramolecular Hbond substituents is 5. The molecule has 164 valence electrons. The Balaban J connectivity index is 2.13. The van der Waals surface area contributed by atoms with E-state index in [9.17, 15) is 25.5 Å². The third-order valence-electron chi connectivity index (χ3n) is 6.02. The number of rotatable bonds is 2. The quantitative estimate of drug-likeness (QED) is 0.243. The maximum absolute atomic E-state index is 10.6. The van der Waals surface area contributed by atoms with E-state index in [-0.39, 0.29) is 5.69 Å². The molecule has 1 aromatic heterocycles. The molecule has 32 heavy (non-hydrogen) atoms. The van der Waals surface area contributed by atoms with Crippen LogP contribution in [0.25, 0.3) is 39.9 Å². The zero-order valence-electron chi connectivity index (χ0n) is 18.3. The van der Waals surface area contributed by atoms with Gasteiger partial charge in [0, 0.05) is 16.0 Å². The van der Waals surface area contributed by atoms with Crippen molar-refractivity contribution >= 4 is 23.1 Å². The predicted octanol–water partition coefficient (Wildman–Crippen LogP) is 4.04. The third-order valence-corrected chi connectivity index (χ3v) is 6.02. The molecule has 5 N–H and O–H groups in total. The molecule has 0 saturated heterocycles. The van der Waals surface area contributed by atoms with Gasteiger partial charge in [-0.1, -0.05) is 36.4 Å². The number of benzene rings is 3. The minimum Gasteiger partial charge on any atom is -0.503 e. The molecule has 0 unspecified atom stereocenters. The maximum atomic E-state index is 10.6. The number of aryl methyl sites for hydroxylation is 2. The standard InChI is InChI=1S/C26H25NO5/c1-5-17-18-12-16(15-8-7-13(3)14(4)11-15)9-10-20(18)27(19(17)6-2)21-22(28)24(30)26(32)25(31)23(21)29/h5-12,28-32H,1-4H3/b17-5-,19-6+. The SMILES string of the molecule is C/C=c1\c(=C/C)n(-c2c(O)c(O)c(O)c(O)c2O)c2ccc(-c3ccc(C)c(C)c3)cc12. The molecule has 0 aliphatic heterocycles. The van der Waals surface area contributed by atoms with Crippen molar-refractivity contribution in [1.82, 2.24) is 4.57 Å². The average molecular weight is 431 g/mol. The fourth-order valence-corrected chi connectivity index (χ4v) is 4.15. The summed E-state index contributed by atoms with van der Waals surface area (Å²) in [5, 5.41) is 53.5. The van der Waals surface area contributed by atoms with Crippen LogP contribution in [-0.2, 0) is 0 Å². The fraction of sp³-hybridized carbons (Fsp3) is 0.154. The molecule has 0 spiro atoms. The van der Waals surface area contributed by atoms with Crippen LogP contribution in [0.5, 0.6) is 28.7 Å². The zero-order valence-corrected chi connectivity index (χ0v) is 18.3. The van der Waals surface area contributed by atoms with Crippen molar-refractivity contribution in [3.63, 3.8) is 0 Å². The van der Waals surface area contributed by atoms with Crippen molar-refractivity contribution in [2.45, 2.75) is 27.7 Å². The van der Waals surface area contributed by atoms with Gasteiger partial charge >= 0.3 is 0 Å². The van der Waals surface area contributed by atoms with E-state index in [0.717, 1.165) is 21.7 Å². The number of aromatic hydroxyl groups is 5.